The summed E-state index contributed by atoms with van der Waals surface area (Å²) in [4.78, 5) is 12.3. The van der Waals surface area contributed by atoms with E-state index >= 15 is 0 Å². The lowest BCUT2D eigenvalue weighted by atomic mass is 9.94. The molecule has 19 heavy (non-hydrogen) atoms. The van der Waals surface area contributed by atoms with Crippen LogP contribution >= 0.6 is 0 Å². The first-order valence-corrected chi connectivity index (χ1v) is 6.19. The molecule has 0 unspecified atom stereocenters. The third-order valence-corrected chi connectivity index (χ3v) is 3.15. The first kappa shape index (κ1) is 13.3. The molecule has 0 fully saturated rings. The maximum atomic E-state index is 12.3. The fourth-order valence-corrected chi connectivity index (χ4v) is 2.12. The highest BCUT2D eigenvalue weighted by Gasteiger charge is 2.26. The van der Waals surface area contributed by atoms with Crippen molar-refractivity contribution in [2.75, 3.05) is 5.32 Å². The number of hydrogen-bond acceptors (Lipinski definition) is 5. The SMILES string of the molecule is CC[C@@H](C(=O)Nc1nocc1C)c1c(C)noc1C. The van der Waals surface area contributed by atoms with Gasteiger partial charge in [-0.15, -0.1) is 0 Å². The summed E-state index contributed by atoms with van der Waals surface area (Å²) in [5.41, 5.74) is 2.39. The van der Waals surface area contributed by atoms with E-state index in [0.717, 1.165) is 16.8 Å². The molecule has 0 bridgehead atoms. The van der Waals surface area contributed by atoms with Crippen molar-refractivity contribution < 1.29 is 13.8 Å². The molecule has 2 rings (SSSR count). The van der Waals surface area contributed by atoms with Crippen LogP contribution in [0.2, 0.25) is 0 Å². The minimum Gasteiger partial charge on any atom is -0.362 e. The van der Waals surface area contributed by atoms with Crippen molar-refractivity contribution in [2.45, 2.75) is 40.0 Å². The molecule has 0 aliphatic heterocycles. The van der Waals surface area contributed by atoms with Crippen LogP contribution in [-0.4, -0.2) is 16.2 Å². The maximum absolute atomic E-state index is 12.3. The number of aryl methyl sites for hydroxylation is 3. The van der Waals surface area contributed by atoms with E-state index in [2.05, 4.69) is 15.6 Å². The summed E-state index contributed by atoms with van der Waals surface area (Å²) < 4.78 is 9.93. The molecule has 1 N–H and O–H groups in total. The number of aromatic nitrogens is 2. The van der Waals surface area contributed by atoms with Crippen LogP contribution in [0.25, 0.3) is 0 Å². The Hall–Kier alpha value is -2.11. The number of anilines is 1. The summed E-state index contributed by atoms with van der Waals surface area (Å²) in [6, 6.07) is 0. The Bertz CT molecular complexity index is 566. The normalized spacial score (nSPS) is 12.4. The first-order valence-electron chi connectivity index (χ1n) is 6.19. The monoisotopic (exact) mass is 263 g/mol. The first-order chi connectivity index (χ1) is 9.04. The number of rotatable bonds is 4. The van der Waals surface area contributed by atoms with Gasteiger partial charge in [0, 0.05) is 11.1 Å². The van der Waals surface area contributed by atoms with E-state index in [0.29, 0.717) is 18.0 Å². The zero-order chi connectivity index (χ0) is 14.0. The van der Waals surface area contributed by atoms with E-state index in [9.17, 15) is 4.79 Å². The summed E-state index contributed by atoms with van der Waals surface area (Å²) in [7, 11) is 0. The number of carbonyl (C=O) groups is 1. The van der Waals surface area contributed by atoms with Gasteiger partial charge in [-0.2, -0.15) is 0 Å². The molecular formula is C13H17N3O3. The van der Waals surface area contributed by atoms with Gasteiger partial charge in [-0.3, -0.25) is 4.79 Å². The van der Waals surface area contributed by atoms with Gasteiger partial charge in [0.15, 0.2) is 5.82 Å². The molecule has 0 aromatic carbocycles. The minimum absolute atomic E-state index is 0.131. The number of carbonyl (C=O) groups excluding carboxylic acids is 1. The van der Waals surface area contributed by atoms with Crippen LogP contribution in [-0.2, 0) is 4.79 Å². The quantitative estimate of drug-likeness (QED) is 0.917. The van der Waals surface area contributed by atoms with Crippen LogP contribution in [0.5, 0.6) is 0 Å². The van der Waals surface area contributed by atoms with E-state index in [1.165, 1.54) is 6.26 Å². The van der Waals surface area contributed by atoms with Gasteiger partial charge in [-0.25, -0.2) is 0 Å². The molecule has 0 saturated carbocycles. The predicted octanol–water partition coefficient (Wildman–Crippen LogP) is 2.72. The number of nitrogens with zero attached hydrogens (tertiary/aromatic N) is 2. The molecule has 1 atom stereocenters. The van der Waals surface area contributed by atoms with Crippen molar-refractivity contribution >= 4 is 11.7 Å². The standard InChI is InChI=1S/C13H17N3O3/c1-5-10(11-8(3)15-19-9(11)4)13(17)14-12-7(2)6-18-16-12/h6,10H,5H2,1-4H3,(H,14,16,17)/t10-/m1/s1. The summed E-state index contributed by atoms with van der Waals surface area (Å²) in [6.07, 6.45) is 2.15. The third kappa shape index (κ3) is 2.52. The Kier molecular flexibility index (Phi) is 3.69. The van der Waals surface area contributed by atoms with Crippen LogP contribution in [0.3, 0.4) is 0 Å². The van der Waals surface area contributed by atoms with E-state index in [1.54, 1.807) is 0 Å². The second-order valence-electron chi connectivity index (χ2n) is 4.53. The van der Waals surface area contributed by atoms with Gasteiger partial charge in [0.2, 0.25) is 5.91 Å². The highest BCUT2D eigenvalue weighted by molar-refractivity contribution is 5.95. The summed E-state index contributed by atoms with van der Waals surface area (Å²) in [6.45, 7) is 7.42. The minimum atomic E-state index is -0.303. The molecule has 0 aliphatic carbocycles. The van der Waals surface area contributed by atoms with Crippen LogP contribution in [0.4, 0.5) is 5.82 Å². The van der Waals surface area contributed by atoms with Crippen LogP contribution in [0.1, 0.15) is 41.8 Å². The smallest absolute Gasteiger partial charge is 0.233 e. The summed E-state index contributed by atoms with van der Waals surface area (Å²) in [5.74, 6) is 0.697. The second-order valence-corrected chi connectivity index (χ2v) is 4.53. The Morgan fingerprint density at radius 3 is 2.58 bits per heavy atom. The molecule has 2 aromatic heterocycles. The van der Waals surface area contributed by atoms with Gasteiger partial charge in [-0.05, 0) is 27.2 Å². The molecular weight excluding hydrogens is 246 g/mol. The highest BCUT2D eigenvalue weighted by Crippen LogP contribution is 2.27. The topological polar surface area (TPSA) is 81.2 Å². The van der Waals surface area contributed by atoms with Crippen molar-refractivity contribution in [2.24, 2.45) is 0 Å². The molecule has 6 nitrogen and oxygen atoms in total. The van der Waals surface area contributed by atoms with Crippen LogP contribution in [0.15, 0.2) is 15.3 Å². The molecule has 2 heterocycles. The van der Waals surface area contributed by atoms with Crippen LogP contribution < -0.4 is 5.32 Å². The van der Waals surface area contributed by atoms with Crippen molar-refractivity contribution in [1.82, 2.24) is 10.3 Å². The molecule has 0 aliphatic rings. The molecule has 1 amide bonds. The molecule has 2 aromatic rings. The van der Waals surface area contributed by atoms with Gasteiger partial charge in [0.25, 0.3) is 0 Å². The molecule has 6 heteroatoms. The van der Waals surface area contributed by atoms with Crippen molar-refractivity contribution in [3.05, 3.63) is 28.8 Å². The Morgan fingerprint density at radius 1 is 1.37 bits per heavy atom. The lowest BCUT2D eigenvalue weighted by Crippen LogP contribution is -2.22. The summed E-state index contributed by atoms with van der Waals surface area (Å²) >= 11 is 0. The largest absolute Gasteiger partial charge is 0.362 e. The Labute approximate surface area is 111 Å². The van der Waals surface area contributed by atoms with E-state index in [1.807, 2.05) is 27.7 Å². The number of nitrogens with one attached hydrogen (secondary N) is 1. The summed E-state index contributed by atoms with van der Waals surface area (Å²) in [5, 5.41) is 10.4. The number of amides is 1. The van der Waals surface area contributed by atoms with E-state index in [-0.39, 0.29) is 11.8 Å². The zero-order valence-electron chi connectivity index (χ0n) is 11.5. The average molecular weight is 263 g/mol. The van der Waals surface area contributed by atoms with Crippen molar-refractivity contribution in [1.29, 1.82) is 0 Å². The zero-order valence-corrected chi connectivity index (χ0v) is 11.5. The predicted molar refractivity (Wildman–Crippen MR) is 68.9 cm³/mol. The van der Waals surface area contributed by atoms with Gasteiger partial charge >= 0.3 is 0 Å². The Morgan fingerprint density at radius 2 is 2.11 bits per heavy atom. The third-order valence-electron chi connectivity index (χ3n) is 3.15. The molecule has 0 spiro atoms. The fourth-order valence-electron chi connectivity index (χ4n) is 2.12. The van der Waals surface area contributed by atoms with Crippen LogP contribution in [0, 0.1) is 20.8 Å². The Balaban J connectivity index is 2.23. The average Bonchev–Trinajstić information content (AvgIpc) is 2.91. The molecule has 0 saturated heterocycles. The van der Waals surface area contributed by atoms with Gasteiger partial charge in [-0.1, -0.05) is 17.2 Å². The maximum Gasteiger partial charge on any atom is 0.233 e. The van der Waals surface area contributed by atoms with Gasteiger partial charge in [0.1, 0.15) is 12.0 Å². The van der Waals surface area contributed by atoms with E-state index in [4.69, 9.17) is 9.05 Å². The van der Waals surface area contributed by atoms with Crippen molar-refractivity contribution in [3.63, 3.8) is 0 Å². The number of hydrogen-bond donors (Lipinski definition) is 1. The van der Waals surface area contributed by atoms with Gasteiger partial charge in [0.05, 0.1) is 11.6 Å². The lowest BCUT2D eigenvalue weighted by molar-refractivity contribution is -0.117. The highest BCUT2D eigenvalue weighted by atomic mass is 16.5. The lowest BCUT2D eigenvalue weighted by Gasteiger charge is -2.13. The molecule has 0 radical (unpaired) electrons. The molecule has 102 valence electrons. The van der Waals surface area contributed by atoms with Gasteiger partial charge < -0.3 is 14.4 Å². The fraction of sp³-hybridized carbons (Fsp3) is 0.462. The second kappa shape index (κ2) is 5.26. The van der Waals surface area contributed by atoms with Crippen molar-refractivity contribution in [3.8, 4) is 0 Å². The van der Waals surface area contributed by atoms with E-state index < -0.39 is 0 Å².